The zero-order valence-corrected chi connectivity index (χ0v) is 10.9. The Balaban J connectivity index is 1.60. The molecule has 2 heteroatoms. The molecule has 0 radical (unpaired) electrons. The maximum atomic E-state index is 3.68. The molecule has 4 rings (SSSR count). The first-order valence-corrected chi connectivity index (χ1v) is 7.07. The number of anilines is 1. The highest BCUT2D eigenvalue weighted by atomic mass is 15.3. The third-order valence-electron chi connectivity index (χ3n) is 4.31. The molecule has 1 aliphatic carbocycles. The first kappa shape index (κ1) is 11.1. The number of benzene rings is 1. The molecule has 0 saturated heterocycles. The number of rotatable bonds is 1. The summed E-state index contributed by atoms with van der Waals surface area (Å²) in [6, 6.07) is 9.12. The van der Waals surface area contributed by atoms with Gasteiger partial charge < -0.3 is 5.32 Å². The van der Waals surface area contributed by atoms with Crippen LogP contribution in [0.4, 0.5) is 5.69 Å². The number of allylic oxidation sites excluding steroid dienone is 2. The van der Waals surface area contributed by atoms with Gasteiger partial charge in [-0.05, 0) is 23.6 Å². The lowest BCUT2D eigenvalue weighted by Gasteiger charge is -2.39. The van der Waals surface area contributed by atoms with Crippen molar-refractivity contribution in [3.05, 3.63) is 65.8 Å². The van der Waals surface area contributed by atoms with E-state index in [1.165, 1.54) is 16.8 Å². The molecule has 2 unspecified atom stereocenters. The van der Waals surface area contributed by atoms with Gasteiger partial charge in [-0.15, -0.1) is 0 Å². The van der Waals surface area contributed by atoms with Crippen molar-refractivity contribution in [3.63, 3.8) is 0 Å². The van der Waals surface area contributed by atoms with Gasteiger partial charge in [0.15, 0.2) is 0 Å². The van der Waals surface area contributed by atoms with E-state index in [0.717, 1.165) is 19.4 Å². The molecule has 1 N–H and O–H groups in total. The van der Waals surface area contributed by atoms with Gasteiger partial charge in [-0.25, -0.2) is 0 Å². The van der Waals surface area contributed by atoms with Crippen LogP contribution in [0.1, 0.15) is 12.0 Å². The van der Waals surface area contributed by atoms with Crippen LogP contribution in [0, 0.1) is 0 Å². The fourth-order valence-electron chi connectivity index (χ4n) is 3.38. The summed E-state index contributed by atoms with van der Waals surface area (Å²) in [5.74, 6) is 0. The van der Waals surface area contributed by atoms with Gasteiger partial charge in [0.05, 0.1) is 12.2 Å². The second-order valence-corrected chi connectivity index (χ2v) is 5.44. The predicted octanol–water partition coefficient (Wildman–Crippen LogP) is 3.11. The van der Waals surface area contributed by atoms with Crippen molar-refractivity contribution in [1.29, 1.82) is 0 Å². The van der Waals surface area contributed by atoms with Crippen LogP contribution in [0.2, 0.25) is 0 Å². The van der Waals surface area contributed by atoms with Crippen molar-refractivity contribution in [2.24, 2.45) is 0 Å². The van der Waals surface area contributed by atoms with Gasteiger partial charge >= 0.3 is 0 Å². The van der Waals surface area contributed by atoms with E-state index in [9.17, 15) is 0 Å². The lowest BCUT2D eigenvalue weighted by atomic mass is 9.95. The van der Waals surface area contributed by atoms with Crippen molar-refractivity contribution in [2.45, 2.75) is 25.0 Å². The van der Waals surface area contributed by atoms with Crippen LogP contribution in [0.5, 0.6) is 0 Å². The van der Waals surface area contributed by atoms with Crippen molar-refractivity contribution in [3.8, 4) is 0 Å². The smallest absolute Gasteiger partial charge is 0.0842 e. The lowest BCUT2D eigenvalue weighted by Crippen LogP contribution is -2.48. The third-order valence-corrected chi connectivity index (χ3v) is 4.31. The number of nitrogens with zero attached hydrogens (tertiary/aromatic N) is 1. The van der Waals surface area contributed by atoms with E-state index >= 15 is 0 Å². The standard InChI is InChI=1S/C17H18N2/c1-3-9-15-14(7-1)12-17(18-15)19-11-5-8-13-6-2-4-10-16(13)19/h1-4,6-10,16-18H,5,11-12H2. The molecule has 2 atom stereocenters. The van der Waals surface area contributed by atoms with Crippen molar-refractivity contribution in [1.82, 2.24) is 4.90 Å². The molecule has 0 amide bonds. The highest BCUT2D eigenvalue weighted by Gasteiger charge is 2.32. The fourth-order valence-corrected chi connectivity index (χ4v) is 3.38. The molecule has 0 bridgehead atoms. The Morgan fingerprint density at radius 2 is 2.11 bits per heavy atom. The molecular formula is C17H18N2. The molecule has 2 aliphatic heterocycles. The number of nitrogens with one attached hydrogen (secondary N) is 1. The average Bonchev–Trinajstić information content (AvgIpc) is 2.90. The lowest BCUT2D eigenvalue weighted by molar-refractivity contribution is 0.194. The van der Waals surface area contributed by atoms with Gasteiger partial charge in [-0.3, -0.25) is 4.90 Å². The monoisotopic (exact) mass is 250 g/mol. The summed E-state index contributed by atoms with van der Waals surface area (Å²) >= 11 is 0. The minimum atomic E-state index is 0.433. The molecule has 1 aromatic rings. The van der Waals surface area contributed by atoms with Crippen LogP contribution in [0.25, 0.3) is 0 Å². The molecule has 0 spiro atoms. The summed E-state index contributed by atoms with van der Waals surface area (Å²) in [4.78, 5) is 2.59. The minimum absolute atomic E-state index is 0.433. The first-order chi connectivity index (χ1) is 9.42. The molecule has 3 aliphatic rings. The Kier molecular flexibility index (Phi) is 2.56. The maximum Gasteiger partial charge on any atom is 0.0842 e. The van der Waals surface area contributed by atoms with Crippen LogP contribution in [-0.4, -0.2) is 23.7 Å². The summed E-state index contributed by atoms with van der Waals surface area (Å²) < 4.78 is 0. The number of hydrogen-bond donors (Lipinski definition) is 1. The van der Waals surface area contributed by atoms with E-state index in [1.54, 1.807) is 0 Å². The van der Waals surface area contributed by atoms with Gasteiger partial charge in [-0.1, -0.05) is 48.6 Å². The second kappa shape index (κ2) is 4.39. The highest BCUT2D eigenvalue weighted by molar-refractivity contribution is 5.56. The topological polar surface area (TPSA) is 15.3 Å². The van der Waals surface area contributed by atoms with Crippen LogP contribution in [-0.2, 0) is 6.42 Å². The molecular weight excluding hydrogens is 232 g/mol. The van der Waals surface area contributed by atoms with Crippen LogP contribution in [0.3, 0.4) is 0 Å². The molecule has 96 valence electrons. The maximum absolute atomic E-state index is 3.68. The molecule has 2 nitrogen and oxygen atoms in total. The van der Waals surface area contributed by atoms with Crippen LogP contribution < -0.4 is 5.32 Å². The molecule has 0 fully saturated rings. The number of para-hydroxylation sites is 1. The molecule has 19 heavy (non-hydrogen) atoms. The van der Waals surface area contributed by atoms with Gasteiger partial charge in [0.25, 0.3) is 0 Å². The van der Waals surface area contributed by atoms with Gasteiger partial charge in [-0.2, -0.15) is 0 Å². The van der Waals surface area contributed by atoms with Crippen LogP contribution >= 0.6 is 0 Å². The number of fused-ring (bicyclic) bond motifs is 2. The van der Waals surface area contributed by atoms with Gasteiger partial charge in [0, 0.05) is 18.7 Å². The summed E-state index contributed by atoms with van der Waals surface area (Å²) in [5.41, 5.74) is 4.20. The van der Waals surface area contributed by atoms with Gasteiger partial charge in [0.2, 0.25) is 0 Å². The third kappa shape index (κ3) is 1.83. The predicted molar refractivity (Wildman–Crippen MR) is 79.0 cm³/mol. The Labute approximate surface area is 114 Å². The summed E-state index contributed by atoms with van der Waals surface area (Å²) in [5, 5.41) is 3.68. The fraction of sp³-hybridized carbons (Fsp3) is 0.294. The average molecular weight is 250 g/mol. The Morgan fingerprint density at radius 3 is 3.05 bits per heavy atom. The largest absolute Gasteiger partial charge is 0.369 e. The summed E-state index contributed by atoms with van der Waals surface area (Å²) in [6.45, 7) is 1.14. The van der Waals surface area contributed by atoms with Crippen molar-refractivity contribution >= 4 is 5.69 Å². The van der Waals surface area contributed by atoms with E-state index < -0.39 is 0 Å². The molecule has 1 aromatic carbocycles. The van der Waals surface area contributed by atoms with Crippen molar-refractivity contribution in [2.75, 3.05) is 11.9 Å². The highest BCUT2D eigenvalue weighted by Crippen LogP contribution is 2.32. The van der Waals surface area contributed by atoms with Gasteiger partial charge in [0.1, 0.15) is 0 Å². The summed E-state index contributed by atoms with van der Waals surface area (Å²) in [6.07, 6.45) is 13.9. The summed E-state index contributed by atoms with van der Waals surface area (Å²) in [7, 11) is 0. The SMILES string of the molecule is C1=CC2=CCCN(C3Cc4ccccc4N3)C2C=C1. The number of hydrogen-bond acceptors (Lipinski definition) is 2. The van der Waals surface area contributed by atoms with E-state index in [2.05, 4.69) is 64.9 Å². The van der Waals surface area contributed by atoms with Crippen LogP contribution in [0.15, 0.2) is 60.2 Å². The molecule has 0 aromatic heterocycles. The van der Waals surface area contributed by atoms with E-state index in [4.69, 9.17) is 0 Å². The Hall–Kier alpha value is -1.80. The zero-order valence-electron chi connectivity index (χ0n) is 10.9. The second-order valence-electron chi connectivity index (χ2n) is 5.44. The Bertz CT molecular complexity index is 558. The normalized spacial score (nSPS) is 28.5. The minimum Gasteiger partial charge on any atom is -0.369 e. The van der Waals surface area contributed by atoms with E-state index in [-0.39, 0.29) is 0 Å². The zero-order chi connectivity index (χ0) is 12.7. The molecule has 2 heterocycles. The van der Waals surface area contributed by atoms with Crippen molar-refractivity contribution < 1.29 is 0 Å². The first-order valence-electron chi connectivity index (χ1n) is 7.07. The Morgan fingerprint density at radius 1 is 1.16 bits per heavy atom. The van der Waals surface area contributed by atoms with E-state index in [1.807, 2.05) is 0 Å². The molecule has 0 saturated carbocycles. The quantitative estimate of drug-likeness (QED) is 0.824. The van der Waals surface area contributed by atoms with E-state index in [0.29, 0.717) is 12.2 Å².